The van der Waals surface area contributed by atoms with Gasteiger partial charge in [-0.1, -0.05) is 12.1 Å². The Hall–Kier alpha value is -1.59. The number of rotatable bonds is 4. The van der Waals surface area contributed by atoms with Gasteiger partial charge in [-0.3, -0.25) is 0 Å². The molecule has 0 fully saturated rings. The Morgan fingerprint density at radius 1 is 1.30 bits per heavy atom. The summed E-state index contributed by atoms with van der Waals surface area (Å²) in [7, 11) is 0. The van der Waals surface area contributed by atoms with Crippen molar-refractivity contribution in [2.75, 3.05) is 18.1 Å². The number of nitrogens with one attached hydrogen (secondary N) is 2. The Labute approximate surface area is 123 Å². The standard InChI is InChI=1S/C15H18N4S/c1-20-10-11-2-4-13(5-3-11)18-15-17-8-12-6-7-16-9-14(12)19-15/h2-5,8,16H,6-7,9-10H2,1H3,(H,17,18,19). The third-order valence-corrected chi connectivity index (χ3v) is 3.96. The summed E-state index contributed by atoms with van der Waals surface area (Å²) >= 11 is 1.83. The Morgan fingerprint density at radius 2 is 2.15 bits per heavy atom. The number of benzene rings is 1. The molecule has 0 bridgehead atoms. The summed E-state index contributed by atoms with van der Waals surface area (Å²) in [5.41, 5.74) is 4.72. The Morgan fingerprint density at radius 3 is 2.95 bits per heavy atom. The number of nitrogens with zero attached hydrogens (tertiary/aromatic N) is 2. The van der Waals surface area contributed by atoms with Gasteiger partial charge in [-0.05, 0) is 42.5 Å². The smallest absolute Gasteiger partial charge is 0.227 e. The molecule has 0 aliphatic carbocycles. The monoisotopic (exact) mass is 286 g/mol. The number of hydrogen-bond acceptors (Lipinski definition) is 5. The van der Waals surface area contributed by atoms with Crippen molar-refractivity contribution in [3.63, 3.8) is 0 Å². The van der Waals surface area contributed by atoms with Crippen molar-refractivity contribution < 1.29 is 0 Å². The molecule has 20 heavy (non-hydrogen) atoms. The van der Waals surface area contributed by atoms with E-state index in [0.717, 1.165) is 36.6 Å². The summed E-state index contributed by atoms with van der Waals surface area (Å²) in [6.45, 7) is 1.85. The summed E-state index contributed by atoms with van der Waals surface area (Å²) < 4.78 is 0. The molecule has 0 saturated heterocycles. The van der Waals surface area contributed by atoms with Crippen LogP contribution >= 0.6 is 11.8 Å². The summed E-state index contributed by atoms with van der Waals surface area (Å²) in [6, 6.07) is 8.43. The summed E-state index contributed by atoms with van der Waals surface area (Å²) in [5.74, 6) is 1.71. The van der Waals surface area contributed by atoms with Crippen LogP contribution in [-0.2, 0) is 18.7 Å². The number of anilines is 2. The maximum absolute atomic E-state index is 4.58. The highest BCUT2D eigenvalue weighted by Gasteiger charge is 2.11. The molecule has 1 aliphatic heterocycles. The van der Waals surface area contributed by atoms with Crippen molar-refractivity contribution in [3.05, 3.63) is 47.3 Å². The van der Waals surface area contributed by atoms with Crippen molar-refractivity contribution in [1.82, 2.24) is 15.3 Å². The minimum absolute atomic E-state index is 0.671. The van der Waals surface area contributed by atoms with E-state index in [0.29, 0.717) is 5.95 Å². The van der Waals surface area contributed by atoms with Gasteiger partial charge in [-0.25, -0.2) is 9.97 Å². The van der Waals surface area contributed by atoms with Gasteiger partial charge in [0.05, 0.1) is 5.69 Å². The molecule has 0 unspecified atom stereocenters. The topological polar surface area (TPSA) is 49.8 Å². The Bertz CT molecular complexity index is 583. The first-order valence-electron chi connectivity index (χ1n) is 6.75. The lowest BCUT2D eigenvalue weighted by atomic mass is 10.1. The van der Waals surface area contributed by atoms with Crippen LogP contribution in [0.15, 0.2) is 30.5 Å². The fourth-order valence-electron chi connectivity index (χ4n) is 2.27. The van der Waals surface area contributed by atoms with Crippen LogP contribution in [0.4, 0.5) is 11.6 Å². The molecule has 0 amide bonds. The molecule has 2 aromatic rings. The fraction of sp³-hybridized carbons (Fsp3) is 0.333. The van der Waals surface area contributed by atoms with Gasteiger partial charge in [0, 0.05) is 24.2 Å². The molecule has 0 spiro atoms. The summed E-state index contributed by atoms with van der Waals surface area (Å²) in [6.07, 6.45) is 5.06. The van der Waals surface area contributed by atoms with Crippen molar-refractivity contribution in [1.29, 1.82) is 0 Å². The van der Waals surface area contributed by atoms with Crippen LogP contribution in [0, 0.1) is 0 Å². The number of aromatic nitrogens is 2. The van der Waals surface area contributed by atoms with Crippen molar-refractivity contribution in [2.45, 2.75) is 18.7 Å². The molecule has 104 valence electrons. The first-order valence-corrected chi connectivity index (χ1v) is 8.15. The summed E-state index contributed by atoms with van der Waals surface area (Å²) in [5, 5.41) is 6.60. The zero-order valence-electron chi connectivity index (χ0n) is 11.5. The average Bonchev–Trinajstić information content (AvgIpc) is 2.49. The zero-order chi connectivity index (χ0) is 13.8. The predicted octanol–water partition coefficient (Wildman–Crippen LogP) is 2.73. The van der Waals surface area contributed by atoms with Crippen molar-refractivity contribution in [3.8, 4) is 0 Å². The second kappa shape index (κ2) is 6.24. The van der Waals surface area contributed by atoms with Gasteiger partial charge < -0.3 is 10.6 Å². The van der Waals surface area contributed by atoms with Crippen molar-refractivity contribution in [2.24, 2.45) is 0 Å². The lowest BCUT2D eigenvalue weighted by Crippen LogP contribution is -2.25. The Balaban J connectivity index is 1.73. The van der Waals surface area contributed by atoms with Crippen LogP contribution in [0.25, 0.3) is 0 Å². The van der Waals surface area contributed by atoms with Crippen LogP contribution in [0.2, 0.25) is 0 Å². The van der Waals surface area contributed by atoms with Gasteiger partial charge >= 0.3 is 0 Å². The van der Waals surface area contributed by atoms with Crippen LogP contribution in [0.3, 0.4) is 0 Å². The molecule has 0 saturated carbocycles. The molecule has 1 aliphatic rings. The van der Waals surface area contributed by atoms with E-state index in [9.17, 15) is 0 Å². The Kier molecular flexibility index (Phi) is 4.18. The van der Waals surface area contributed by atoms with Gasteiger partial charge in [0.15, 0.2) is 0 Å². The highest BCUT2D eigenvalue weighted by Crippen LogP contribution is 2.18. The van der Waals surface area contributed by atoms with Crippen molar-refractivity contribution >= 4 is 23.4 Å². The highest BCUT2D eigenvalue weighted by atomic mass is 32.2. The molecule has 2 heterocycles. The van der Waals surface area contributed by atoms with E-state index in [1.807, 2.05) is 18.0 Å². The zero-order valence-corrected chi connectivity index (χ0v) is 12.3. The molecule has 2 N–H and O–H groups in total. The molecule has 5 heteroatoms. The van der Waals surface area contributed by atoms with Gasteiger partial charge in [-0.15, -0.1) is 0 Å². The number of fused-ring (bicyclic) bond motifs is 1. The van der Waals surface area contributed by atoms with E-state index in [-0.39, 0.29) is 0 Å². The maximum Gasteiger partial charge on any atom is 0.227 e. The SMILES string of the molecule is CSCc1ccc(Nc2ncc3c(n2)CNCC3)cc1. The van der Waals surface area contributed by atoms with Gasteiger partial charge in [-0.2, -0.15) is 11.8 Å². The minimum atomic E-state index is 0.671. The van der Waals surface area contributed by atoms with E-state index in [1.165, 1.54) is 11.1 Å². The first kappa shape index (κ1) is 13.4. The van der Waals surface area contributed by atoms with E-state index >= 15 is 0 Å². The summed E-state index contributed by atoms with van der Waals surface area (Å²) in [4.78, 5) is 8.97. The van der Waals surface area contributed by atoms with Gasteiger partial charge in [0.1, 0.15) is 0 Å². The van der Waals surface area contributed by atoms with E-state index in [4.69, 9.17) is 0 Å². The molecule has 0 atom stereocenters. The molecule has 4 nitrogen and oxygen atoms in total. The highest BCUT2D eigenvalue weighted by molar-refractivity contribution is 7.97. The largest absolute Gasteiger partial charge is 0.324 e. The second-order valence-corrected chi connectivity index (χ2v) is 5.71. The molecular formula is C15H18N4S. The fourth-order valence-corrected chi connectivity index (χ4v) is 2.80. The van der Waals surface area contributed by atoms with E-state index in [1.54, 1.807) is 0 Å². The second-order valence-electron chi connectivity index (χ2n) is 4.85. The lowest BCUT2D eigenvalue weighted by Gasteiger charge is -2.16. The first-order chi connectivity index (χ1) is 9.85. The molecular weight excluding hydrogens is 268 g/mol. The quantitative estimate of drug-likeness (QED) is 0.905. The third kappa shape index (κ3) is 3.11. The van der Waals surface area contributed by atoms with Crippen LogP contribution in [0.5, 0.6) is 0 Å². The van der Waals surface area contributed by atoms with Crippen LogP contribution in [-0.4, -0.2) is 22.8 Å². The van der Waals surface area contributed by atoms with E-state index < -0.39 is 0 Å². The maximum atomic E-state index is 4.58. The number of hydrogen-bond donors (Lipinski definition) is 2. The van der Waals surface area contributed by atoms with Gasteiger partial charge in [0.25, 0.3) is 0 Å². The normalized spacial score (nSPS) is 13.8. The predicted molar refractivity (Wildman–Crippen MR) is 84.4 cm³/mol. The van der Waals surface area contributed by atoms with Crippen LogP contribution < -0.4 is 10.6 Å². The molecule has 0 radical (unpaired) electrons. The van der Waals surface area contributed by atoms with E-state index in [2.05, 4.69) is 51.1 Å². The van der Waals surface area contributed by atoms with Crippen LogP contribution in [0.1, 0.15) is 16.8 Å². The lowest BCUT2D eigenvalue weighted by molar-refractivity contribution is 0.624. The molecule has 1 aromatic heterocycles. The van der Waals surface area contributed by atoms with Gasteiger partial charge in [0.2, 0.25) is 5.95 Å². The molecule has 1 aromatic carbocycles. The molecule has 3 rings (SSSR count). The average molecular weight is 286 g/mol. The minimum Gasteiger partial charge on any atom is -0.324 e. The third-order valence-electron chi connectivity index (χ3n) is 3.34. The number of thioether (sulfide) groups is 1.